The van der Waals surface area contributed by atoms with Crippen molar-refractivity contribution in [2.45, 2.75) is 25.3 Å². The molecular formula is C23H25ClN2O5. The zero-order valence-corrected chi connectivity index (χ0v) is 18.2. The monoisotopic (exact) mass is 444 g/mol. The number of aromatic nitrogens is 1. The van der Waals surface area contributed by atoms with Gasteiger partial charge in [-0.2, -0.15) is 0 Å². The van der Waals surface area contributed by atoms with Crippen molar-refractivity contribution in [3.8, 4) is 5.75 Å². The van der Waals surface area contributed by atoms with Crippen LogP contribution in [0.3, 0.4) is 0 Å². The lowest BCUT2D eigenvalue weighted by atomic mass is 10.1. The van der Waals surface area contributed by atoms with Crippen molar-refractivity contribution >= 4 is 34.7 Å². The van der Waals surface area contributed by atoms with Crippen LogP contribution < -0.4 is 9.64 Å². The van der Waals surface area contributed by atoms with Gasteiger partial charge in [-0.1, -0.05) is 11.6 Å². The Balaban J connectivity index is 1.70. The molecule has 0 bridgehead atoms. The number of rotatable bonds is 10. The second-order valence-electron chi connectivity index (χ2n) is 8.10. The summed E-state index contributed by atoms with van der Waals surface area (Å²) in [5, 5.41) is 9.79. The molecule has 164 valence electrons. The van der Waals surface area contributed by atoms with Crippen molar-refractivity contribution < 1.29 is 24.2 Å². The molecule has 4 rings (SSSR count). The van der Waals surface area contributed by atoms with Crippen LogP contribution in [-0.4, -0.2) is 48.7 Å². The summed E-state index contributed by atoms with van der Waals surface area (Å²) >= 11 is 6.10. The highest BCUT2D eigenvalue weighted by Crippen LogP contribution is 2.44. The number of pyridine rings is 1. The Bertz CT molecular complexity index is 976. The second-order valence-corrected chi connectivity index (χ2v) is 8.54. The van der Waals surface area contributed by atoms with Gasteiger partial charge in [0, 0.05) is 29.8 Å². The number of carboxylic acid groups (broad SMARTS) is 1. The zero-order valence-electron chi connectivity index (χ0n) is 17.5. The average Bonchev–Trinajstić information content (AvgIpc) is 3.67. The molecule has 0 saturated heterocycles. The molecule has 1 heterocycles. The lowest BCUT2D eigenvalue weighted by Gasteiger charge is -2.34. The largest absolute Gasteiger partial charge is 0.494 e. The Morgan fingerprint density at radius 3 is 2.45 bits per heavy atom. The molecule has 2 aliphatic carbocycles. The van der Waals surface area contributed by atoms with E-state index in [1.807, 2.05) is 24.3 Å². The summed E-state index contributed by atoms with van der Waals surface area (Å²) in [4.78, 5) is 30.5. The van der Waals surface area contributed by atoms with Gasteiger partial charge in [0.15, 0.2) is 5.78 Å². The summed E-state index contributed by atoms with van der Waals surface area (Å²) in [6, 6.07) is 9.45. The number of carbonyl (C=O) groups is 2. The first kappa shape index (κ1) is 21.6. The zero-order chi connectivity index (χ0) is 22.1. The van der Waals surface area contributed by atoms with Crippen LogP contribution in [0.25, 0.3) is 0 Å². The Morgan fingerprint density at radius 2 is 1.90 bits per heavy atom. The van der Waals surface area contributed by atoms with Gasteiger partial charge in [0.05, 0.1) is 37.6 Å². The number of ketones is 1. The van der Waals surface area contributed by atoms with E-state index >= 15 is 0 Å². The molecular weight excluding hydrogens is 420 g/mol. The number of carbonyl (C=O) groups excluding carboxylic acids is 1. The van der Waals surface area contributed by atoms with Crippen molar-refractivity contribution in [3.05, 3.63) is 47.2 Å². The Hall–Kier alpha value is -2.64. The maximum atomic E-state index is 12.8. The number of carboxylic acids is 1. The standard InChI is InChI=1S/C23H25ClN2O5/c1-30-12-19(13-3-4-13)26(15-7-5-14(24)6-8-15)16-9-20(31-2)21(25-11-16)22(27)17-10-18(17)23(28)29/h5-9,11,13,17-19H,3-4,10,12H2,1-2H3,(H,28,29). The van der Waals surface area contributed by atoms with Crippen LogP contribution in [0, 0.1) is 17.8 Å². The highest BCUT2D eigenvalue weighted by atomic mass is 35.5. The second kappa shape index (κ2) is 8.85. The number of nitrogens with zero attached hydrogens (tertiary/aromatic N) is 2. The number of aliphatic carboxylic acids is 1. The van der Waals surface area contributed by atoms with Gasteiger partial charge < -0.3 is 19.5 Å². The summed E-state index contributed by atoms with van der Waals surface area (Å²) in [5.74, 6) is -1.58. The Kier molecular flexibility index (Phi) is 6.16. The normalized spacial score (nSPS) is 20.7. The van der Waals surface area contributed by atoms with E-state index in [0.29, 0.717) is 29.7 Å². The van der Waals surface area contributed by atoms with Gasteiger partial charge >= 0.3 is 5.97 Å². The van der Waals surface area contributed by atoms with Crippen molar-refractivity contribution in [2.75, 3.05) is 25.7 Å². The van der Waals surface area contributed by atoms with Gasteiger partial charge in [-0.05, 0) is 49.4 Å². The molecule has 7 nitrogen and oxygen atoms in total. The van der Waals surface area contributed by atoms with Crippen molar-refractivity contribution in [2.24, 2.45) is 17.8 Å². The predicted octanol–water partition coefficient (Wildman–Crippen LogP) is 4.21. The third-order valence-electron chi connectivity index (χ3n) is 5.95. The minimum absolute atomic E-state index is 0.0963. The third kappa shape index (κ3) is 4.52. The quantitative estimate of drug-likeness (QED) is 0.549. The fourth-order valence-corrected chi connectivity index (χ4v) is 4.17. The molecule has 2 aliphatic rings. The summed E-state index contributed by atoms with van der Waals surface area (Å²) in [5.41, 5.74) is 1.88. The molecule has 0 amide bonds. The molecule has 8 heteroatoms. The van der Waals surface area contributed by atoms with E-state index in [-0.39, 0.29) is 17.5 Å². The molecule has 1 aromatic heterocycles. The fourth-order valence-electron chi connectivity index (χ4n) is 4.05. The van der Waals surface area contributed by atoms with Crippen LogP contribution in [0.5, 0.6) is 5.75 Å². The maximum absolute atomic E-state index is 12.8. The number of ether oxygens (including phenoxy) is 2. The van der Waals surface area contributed by atoms with E-state index in [1.54, 1.807) is 19.4 Å². The third-order valence-corrected chi connectivity index (χ3v) is 6.21. The fraction of sp³-hybridized carbons (Fsp3) is 0.435. The van der Waals surface area contributed by atoms with Gasteiger partial charge in [-0.3, -0.25) is 9.59 Å². The predicted molar refractivity (Wildman–Crippen MR) is 116 cm³/mol. The smallest absolute Gasteiger partial charge is 0.307 e. The molecule has 2 aromatic rings. The van der Waals surface area contributed by atoms with E-state index in [0.717, 1.165) is 24.2 Å². The molecule has 31 heavy (non-hydrogen) atoms. The first-order valence-electron chi connectivity index (χ1n) is 10.3. The van der Waals surface area contributed by atoms with Gasteiger partial charge in [-0.25, -0.2) is 4.98 Å². The van der Waals surface area contributed by atoms with Crippen LogP contribution in [-0.2, 0) is 9.53 Å². The van der Waals surface area contributed by atoms with E-state index in [1.165, 1.54) is 7.11 Å². The lowest BCUT2D eigenvalue weighted by Crippen LogP contribution is -2.37. The number of benzene rings is 1. The van der Waals surface area contributed by atoms with Crippen molar-refractivity contribution in [3.63, 3.8) is 0 Å². The van der Waals surface area contributed by atoms with Gasteiger partial charge in [-0.15, -0.1) is 0 Å². The Labute approximate surface area is 185 Å². The molecule has 3 unspecified atom stereocenters. The van der Waals surface area contributed by atoms with Crippen molar-refractivity contribution in [1.29, 1.82) is 0 Å². The van der Waals surface area contributed by atoms with E-state index in [2.05, 4.69) is 9.88 Å². The van der Waals surface area contributed by atoms with Crippen LogP contribution in [0.4, 0.5) is 11.4 Å². The molecule has 1 aromatic carbocycles. The molecule has 3 atom stereocenters. The van der Waals surface area contributed by atoms with Crippen LogP contribution in [0.15, 0.2) is 36.5 Å². The molecule has 2 fully saturated rings. The topological polar surface area (TPSA) is 89.0 Å². The van der Waals surface area contributed by atoms with Crippen LogP contribution in [0.1, 0.15) is 29.8 Å². The summed E-state index contributed by atoms with van der Waals surface area (Å²) in [7, 11) is 3.17. The van der Waals surface area contributed by atoms with Gasteiger partial charge in [0.2, 0.25) is 0 Å². The highest BCUT2D eigenvalue weighted by Gasteiger charge is 2.49. The molecule has 0 spiro atoms. The number of halogens is 1. The van der Waals surface area contributed by atoms with E-state index in [9.17, 15) is 9.59 Å². The molecule has 1 N–H and O–H groups in total. The molecule has 2 saturated carbocycles. The molecule has 0 aliphatic heterocycles. The first-order chi connectivity index (χ1) is 14.9. The summed E-state index contributed by atoms with van der Waals surface area (Å²) in [6.07, 6.45) is 4.23. The number of methoxy groups -OCH3 is 2. The summed E-state index contributed by atoms with van der Waals surface area (Å²) in [6.45, 7) is 0.540. The van der Waals surface area contributed by atoms with Gasteiger partial charge in [0.25, 0.3) is 0 Å². The number of hydrogen-bond acceptors (Lipinski definition) is 6. The minimum Gasteiger partial charge on any atom is -0.494 e. The summed E-state index contributed by atoms with van der Waals surface area (Å²) < 4.78 is 11.0. The van der Waals surface area contributed by atoms with Crippen molar-refractivity contribution in [1.82, 2.24) is 4.98 Å². The minimum atomic E-state index is -0.949. The van der Waals surface area contributed by atoms with E-state index < -0.39 is 17.8 Å². The number of anilines is 2. The number of Topliss-reactive ketones (excluding diaryl/α,β-unsaturated/α-hetero) is 1. The highest BCUT2D eigenvalue weighted by molar-refractivity contribution is 6.30. The Morgan fingerprint density at radius 1 is 1.19 bits per heavy atom. The average molecular weight is 445 g/mol. The first-order valence-corrected chi connectivity index (χ1v) is 10.7. The van der Waals surface area contributed by atoms with Gasteiger partial charge in [0.1, 0.15) is 11.4 Å². The molecule has 0 radical (unpaired) electrons. The van der Waals surface area contributed by atoms with Crippen LogP contribution in [0.2, 0.25) is 5.02 Å². The van der Waals surface area contributed by atoms with E-state index in [4.69, 9.17) is 26.2 Å². The lowest BCUT2D eigenvalue weighted by molar-refractivity contribution is -0.138. The maximum Gasteiger partial charge on any atom is 0.307 e. The number of hydrogen-bond donors (Lipinski definition) is 1. The SMILES string of the molecule is COCC(C1CC1)N(c1ccc(Cl)cc1)c1cnc(C(=O)C2CC2C(=O)O)c(OC)c1. The van der Waals surface area contributed by atoms with Crippen LogP contribution >= 0.6 is 11.6 Å².